The first-order valence-corrected chi connectivity index (χ1v) is 7.09. The van der Waals surface area contributed by atoms with Crippen molar-refractivity contribution in [1.82, 2.24) is 5.32 Å². The van der Waals surface area contributed by atoms with Gasteiger partial charge in [-0.2, -0.15) is 0 Å². The third kappa shape index (κ3) is 10.9. The van der Waals surface area contributed by atoms with E-state index in [4.69, 9.17) is 14.2 Å². The van der Waals surface area contributed by atoms with E-state index in [2.05, 4.69) is 5.32 Å². The van der Waals surface area contributed by atoms with Gasteiger partial charge in [0.2, 0.25) is 0 Å². The number of nitrogens with one attached hydrogen (secondary N) is 1. The number of esters is 1. The first-order chi connectivity index (χ1) is 8.97. The van der Waals surface area contributed by atoms with Gasteiger partial charge in [0.1, 0.15) is 6.04 Å². The van der Waals surface area contributed by atoms with Crippen LogP contribution in [-0.4, -0.2) is 50.6 Å². The summed E-state index contributed by atoms with van der Waals surface area (Å²) in [6.07, 6.45) is 0.831. The second-order valence-electron chi connectivity index (χ2n) is 4.95. The average Bonchev–Trinajstić information content (AvgIpc) is 2.31. The second-order valence-corrected chi connectivity index (χ2v) is 4.95. The second kappa shape index (κ2) is 11.2. The van der Waals surface area contributed by atoms with Gasteiger partial charge in [-0.15, -0.1) is 0 Å². The fourth-order valence-corrected chi connectivity index (χ4v) is 1.56. The van der Waals surface area contributed by atoms with Crippen molar-refractivity contribution in [3.63, 3.8) is 0 Å². The third-order valence-corrected chi connectivity index (χ3v) is 2.34. The molecule has 0 fully saturated rings. The van der Waals surface area contributed by atoms with E-state index in [0.29, 0.717) is 32.8 Å². The summed E-state index contributed by atoms with van der Waals surface area (Å²) >= 11 is 0. The largest absolute Gasteiger partial charge is 0.465 e. The molecule has 0 saturated heterocycles. The summed E-state index contributed by atoms with van der Waals surface area (Å²) in [6.45, 7) is 11.8. The molecule has 114 valence electrons. The van der Waals surface area contributed by atoms with E-state index in [1.807, 2.05) is 34.6 Å². The zero-order valence-corrected chi connectivity index (χ0v) is 12.9. The Morgan fingerprint density at radius 2 is 1.79 bits per heavy atom. The van der Waals surface area contributed by atoms with Crippen LogP contribution in [0.3, 0.4) is 0 Å². The summed E-state index contributed by atoms with van der Waals surface area (Å²) in [7, 11) is 0. The summed E-state index contributed by atoms with van der Waals surface area (Å²) in [5, 5.41) is 3.19. The Morgan fingerprint density at radius 3 is 2.32 bits per heavy atom. The van der Waals surface area contributed by atoms with E-state index in [1.54, 1.807) is 0 Å². The highest BCUT2D eigenvalue weighted by atomic mass is 16.5. The topological polar surface area (TPSA) is 56.8 Å². The number of hydrogen-bond donors (Lipinski definition) is 1. The molecular weight excluding hydrogens is 246 g/mol. The van der Waals surface area contributed by atoms with Gasteiger partial charge in [-0.1, -0.05) is 13.8 Å². The highest BCUT2D eigenvalue weighted by molar-refractivity contribution is 5.75. The van der Waals surface area contributed by atoms with Gasteiger partial charge in [-0.3, -0.25) is 4.79 Å². The molecule has 0 spiro atoms. The molecule has 0 aliphatic rings. The fraction of sp³-hybridized carbons (Fsp3) is 0.929. The molecule has 0 saturated carbocycles. The molecule has 0 aliphatic carbocycles. The molecule has 1 unspecified atom stereocenters. The van der Waals surface area contributed by atoms with E-state index in [1.165, 1.54) is 0 Å². The molecule has 0 rings (SSSR count). The summed E-state index contributed by atoms with van der Waals surface area (Å²) in [5.41, 5.74) is 0. The van der Waals surface area contributed by atoms with Crippen LogP contribution in [0.25, 0.3) is 0 Å². The standard InChI is InChI=1S/C14H29NO4/c1-6-18-14(16)13(15-11(2)3)7-8-17-9-10-19-12(4)5/h11-13,15H,6-10H2,1-5H3. The smallest absolute Gasteiger partial charge is 0.323 e. The van der Waals surface area contributed by atoms with Gasteiger partial charge in [0.15, 0.2) is 0 Å². The van der Waals surface area contributed by atoms with Crippen LogP contribution in [0.5, 0.6) is 0 Å². The lowest BCUT2D eigenvalue weighted by atomic mass is 10.2. The normalized spacial score (nSPS) is 13.0. The monoisotopic (exact) mass is 275 g/mol. The maximum atomic E-state index is 11.7. The molecule has 0 radical (unpaired) electrons. The molecule has 0 aromatic carbocycles. The number of rotatable bonds is 11. The minimum atomic E-state index is -0.300. The molecule has 0 aliphatic heterocycles. The van der Waals surface area contributed by atoms with Crippen molar-refractivity contribution in [2.75, 3.05) is 26.4 Å². The molecule has 0 amide bonds. The van der Waals surface area contributed by atoms with Crippen LogP contribution in [0.2, 0.25) is 0 Å². The SMILES string of the molecule is CCOC(=O)C(CCOCCOC(C)C)NC(C)C. The van der Waals surface area contributed by atoms with Crippen molar-refractivity contribution in [3.8, 4) is 0 Å². The number of carbonyl (C=O) groups is 1. The lowest BCUT2D eigenvalue weighted by molar-refractivity contribution is -0.146. The van der Waals surface area contributed by atoms with E-state index in [9.17, 15) is 4.79 Å². The third-order valence-electron chi connectivity index (χ3n) is 2.34. The van der Waals surface area contributed by atoms with Crippen LogP contribution >= 0.6 is 0 Å². The molecule has 19 heavy (non-hydrogen) atoms. The van der Waals surface area contributed by atoms with Crippen molar-refractivity contribution in [2.45, 2.75) is 59.2 Å². The van der Waals surface area contributed by atoms with Crippen LogP contribution in [0.15, 0.2) is 0 Å². The predicted octanol–water partition coefficient (Wildman–Crippen LogP) is 1.75. The maximum absolute atomic E-state index is 11.7. The molecule has 0 aromatic heterocycles. The van der Waals surface area contributed by atoms with Gasteiger partial charge in [-0.05, 0) is 27.2 Å². The predicted molar refractivity (Wildman–Crippen MR) is 75.2 cm³/mol. The van der Waals surface area contributed by atoms with Crippen molar-refractivity contribution in [2.24, 2.45) is 0 Å². The number of hydrogen-bond acceptors (Lipinski definition) is 5. The first kappa shape index (κ1) is 18.4. The minimum Gasteiger partial charge on any atom is -0.465 e. The maximum Gasteiger partial charge on any atom is 0.323 e. The van der Waals surface area contributed by atoms with Crippen molar-refractivity contribution >= 4 is 5.97 Å². The minimum absolute atomic E-state index is 0.210. The van der Waals surface area contributed by atoms with Crippen LogP contribution in [-0.2, 0) is 19.0 Å². The molecular formula is C14H29NO4. The highest BCUT2D eigenvalue weighted by Gasteiger charge is 2.19. The van der Waals surface area contributed by atoms with E-state index in [-0.39, 0.29) is 24.2 Å². The lowest BCUT2D eigenvalue weighted by Gasteiger charge is -2.19. The molecule has 0 bridgehead atoms. The number of carbonyl (C=O) groups excluding carboxylic acids is 1. The zero-order valence-electron chi connectivity index (χ0n) is 12.9. The van der Waals surface area contributed by atoms with Gasteiger partial charge >= 0.3 is 5.97 Å². The van der Waals surface area contributed by atoms with Gasteiger partial charge in [0, 0.05) is 12.6 Å². The van der Waals surface area contributed by atoms with Crippen molar-refractivity contribution < 1.29 is 19.0 Å². The zero-order chi connectivity index (χ0) is 14.7. The first-order valence-electron chi connectivity index (χ1n) is 7.09. The summed E-state index contributed by atoms with van der Waals surface area (Å²) in [6, 6.07) is -0.0651. The molecule has 1 N–H and O–H groups in total. The molecule has 1 atom stereocenters. The van der Waals surface area contributed by atoms with Crippen molar-refractivity contribution in [3.05, 3.63) is 0 Å². The van der Waals surface area contributed by atoms with Gasteiger partial charge < -0.3 is 19.5 Å². The van der Waals surface area contributed by atoms with Gasteiger partial charge in [0.25, 0.3) is 0 Å². The van der Waals surface area contributed by atoms with Gasteiger partial charge in [0.05, 0.1) is 25.9 Å². The Hall–Kier alpha value is -0.650. The Morgan fingerprint density at radius 1 is 1.11 bits per heavy atom. The molecule has 5 heteroatoms. The number of ether oxygens (including phenoxy) is 3. The van der Waals surface area contributed by atoms with Gasteiger partial charge in [-0.25, -0.2) is 0 Å². The van der Waals surface area contributed by atoms with E-state index < -0.39 is 0 Å². The van der Waals surface area contributed by atoms with E-state index in [0.717, 1.165) is 0 Å². The lowest BCUT2D eigenvalue weighted by Crippen LogP contribution is -2.42. The molecule has 0 heterocycles. The van der Waals surface area contributed by atoms with Crippen LogP contribution in [0.4, 0.5) is 0 Å². The van der Waals surface area contributed by atoms with Crippen LogP contribution in [0, 0.1) is 0 Å². The van der Waals surface area contributed by atoms with Crippen LogP contribution < -0.4 is 5.32 Å². The molecule has 5 nitrogen and oxygen atoms in total. The summed E-state index contributed by atoms with van der Waals surface area (Å²) in [5.74, 6) is -0.210. The quantitative estimate of drug-likeness (QED) is 0.460. The Labute approximate surface area is 117 Å². The van der Waals surface area contributed by atoms with E-state index >= 15 is 0 Å². The van der Waals surface area contributed by atoms with Crippen molar-refractivity contribution in [1.29, 1.82) is 0 Å². The highest BCUT2D eigenvalue weighted by Crippen LogP contribution is 1.99. The summed E-state index contributed by atoms with van der Waals surface area (Å²) < 4.78 is 15.9. The Balaban J connectivity index is 3.83. The van der Waals surface area contributed by atoms with Crippen LogP contribution in [0.1, 0.15) is 41.0 Å². The molecule has 0 aromatic rings. The summed E-state index contributed by atoms with van der Waals surface area (Å²) in [4.78, 5) is 11.7. The average molecular weight is 275 g/mol. The Bertz CT molecular complexity index is 231. The fourth-order valence-electron chi connectivity index (χ4n) is 1.56. The Kier molecular flexibility index (Phi) is 10.8.